The second-order valence-corrected chi connectivity index (χ2v) is 14.8. The van der Waals surface area contributed by atoms with Gasteiger partial charge in [-0.15, -0.1) is 0 Å². The number of aliphatic hydroxyl groups excluding tert-OH is 8. The Morgan fingerprint density at radius 3 is 1.63 bits per heavy atom. The van der Waals surface area contributed by atoms with Gasteiger partial charge in [0.25, 0.3) is 0 Å². The number of aliphatic hydroxyl groups is 8. The minimum Gasteiger partial charge on any atom is -0.394 e. The number of carbonyl (C=O) groups is 1. The van der Waals surface area contributed by atoms with Crippen molar-refractivity contribution in [3.63, 3.8) is 0 Å². The predicted molar refractivity (Wildman–Crippen MR) is 194 cm³/mol. The van der Waals surface area contributed by atoms with Gasteiger partial charge in [-0.1, -0.05) is 123 Å². The van der Waals surface area contributed by atoms with E-state index in [1.165, 1.54) is 64.2 Å². The maximum absolute atomic E-state index is 13.0. The molecular weight excluding hydrogens is 678 g/mol. The predicted octanol–water partition coefficient (Wildman–Crippen LogP) is 2.31. The number of ether oxygens (including phenoxy) is 4. The van der Waals surface area contributed by atoms with Crippen LogP contribution in [-0.2, 0) is 23.7 Å². The van der Waals surface area contributed by atoms with Gasteiger partial charge in [0.05, 0.1) is 32.0 Å². The number of hydrogen-bond donors (Lipinski definition) is 9. The van der Waals surface area contributed by atoms with Crippen molar-refractivity contribution in [1.29, 1.82) is 0 Å². The van der Waals surface area contributed by atoms with E-state index >= 15 is 0 Å². The standard InChI is InChI=1S/C38H73NO13/c1-3-5-7-9-11-13-15-17-19-21-27(42)26(39-30(43)22-20-18-16-14-12-10-8-6-4-2)25-49-37-35(48)33(46)36(29(24-41)51-37)52-38-34(47)32(45)31(44)28(23-40)50-38/h26-29,31-38,40-42,44-48H,3-25H2,1-2H3,(H,39,43). The Labute approximate surface area is 311 Å². The molecule has 0 aromatic heterocycles. The van der Waals surface area contributed by atoms with Crippen molar-refractivity contribution in [2.45, 2.75) is 216 Å². The zero-order chi connectivity index (χ0) is 38.3. The molecule has 2 aliphatic rings. The lowest BCUT2D eigenvalue weighted by Gasteiger charge is -2.46. The molecule has 2 fully saturated rings. The highest BCUT2D eigenvalue weighted by molar-refractivity contribution is 5.76. The molecule has 0 radical (unpaired) electrons. The molecule has 9 N–H and O–H groups in total. The third-order valence-electron chi connectivity index (χ3n) is 10.3. The van der Waals surface area contributed by atoms with Gasteiger partial charge in [0.2, 0.25) is 5.91 Å². The summed E-state index contributed by atoms with van der Waals surface area (Å²) in [7, 11) is 0. The van der Waals surface area contributed by atoms with E-state index in [4.69, 9.17) is 18.9 Å². The summed E-state index contributed by atoms with van der Waals surface area (Å²) >= 11 is 0. The van der Waals surface area contributed by atoms with Gasteiger partial charge in [-0.05, 0) is 12.8 Å². The van der Waals surface area contributed by atoms with Gasteiger partial charge >= 0.3 is 0 Å². The summed E-state index contributed by atoms with van der Waals surface area (Å²) in [6.07, 6.45) is 4.31. The van der Waals surface area contributed by atoms with Crippen LogP contribution in [0.5, 0.6) is 0 Å². The number of hydrogen-bond acceptors (Lipinski definition) is 13. The molecule has 52 heavy (non-hydrogen) atoms. The van der Waals surface area contributed by atoms with Crippen LogP contribution >= 0.6 is 0 Å². The third-order valence-corrected chi connectivity index (χ3v) is 10.3. The van der Waals surface area contributed by atoms with Crippen molar-refractivity contribution in [2.24, 2.45) is 0 Å². The number of rotatable bonds is 29. The van der Waals surface area contributed by atoms with Gasteiger partial charge in [0.15, 0.2) is 12.6 Å². The summed E-state index contributed by atoms with van der Waals surface area (Å²) in [6.45, 7) is 2.76. The zero-order valence-corrected chi connectivity index (χ0v) is 31.8. The average Bonchev–Trinajstić information content (AvgIpc) is 3.14. The summed E-state index contributed by atoms with van der Waals surface area (Å²) in [5, 5.41) is 86.1. The maximum atomic E-state index is 13.0. The summed E-state index contributed by atoms with van der Waals surface area (Å²) in [6, 6.07) is -0.816. The average molecular weight is 752 g/mol. The molecule has 0 aliphatic carbocycles. The Hall–Kier alpha value is -1.01. The van der Waals surface area contributed by atoms with Crippen molar-refractivity contribution in [1.82, 2.24) is 5.32 Å². The van der Waals surface area contributed by atoms with E-state index < -0.39 is 86.8 Å². The van der Waals surface area contributed by atoms with Gasteiger partial charge in [-0.2, -0.15) is 0 Å². The van der Waals surface area contributed by atoms with E-state index in [0.29, 0.717) is 12.8 Å². The van der Waals surface area contributed by atoms with E-state index in [1.807, 2.05) is 0 Å². The normalized spacial score (nSPS) is 30.7. The quantitative estimate of drug-likeness (QED) is 0.0501. The van der Waals surface area contributed by atoms with E-state index in [1.54, 1.807) is 0 Å². The molecule has 2 aliphatic heterocycles. The van der Waals surface area contributed by atoms with Crippen LogP contribution in [0.2, 0.25) is 0 Å². The number of carbonyl (C=O) groups excluding carboxylic acids is 1. The van der Waals surface area contributed by atoms with Gasteiger partial charge in [-0.3, -0.25) is 4.79 Å². The van der Waals surface area contributed by atoms with Gasteiger partial charge in [-0.25, -0.2) is 0 Å². The molecule has 14 nitrogen and oxygen atoms in total. The van der Waals surface area contributed by atoms with Crippen LogP contribution in [-0.4, -0.2) is 140 Å². The molecule has 0 saturated carbocycles. The molecule has 2 rings (SSSR count). The molecule has 2 saturated heterocycles. The molecule has 308 valence electrons. The van der Waals surface area contributed by atoms with Crippen molar-refractivity contribution < 1.29 is 64.6 Å². The highest BCUT2D eigenvalue weighted by Crippen LogP contribution is 2.30. The van der Waals surface area contributed by atoms with E-state index in [0.717, 1.165) is 51.4 Å². The first-order valence-corrected chi connectivity index (χ1v) is 20.3. The van der Waals surface area contributed by atoms with Crippen molar-refractivity contribution in [3.8, 4) is 0 Å². The molecule has 0 spiro atoms. The summed E-state index contributed by atoms with van der Waals surface area (Å²) in [4.78, 5) is 13.0. The first-order chi connectivity index (χ1) is 25.1. The van der Waals surface area contributed by atoms with Crippen LogP contribution < -0.4 is 5.32 Å². The maximum Gasteiger partial charge on any atom is 0.220 e. The van der Waals surface area contributed by atoms with Crippen molar-refractivity contribution >= 4 is 5.91 Å². The highest BCUT2D eigenvalue weighted by atomic mass is 16.7. The molecule has 0 aromatic carbocycles. The van der Waals surface area contributed by atoms with Gasteiger partial charge in [0.1, 0.15) is 48.8 Å². The Kier molecular flexibility index (Phi) is 25.0. The number of nitrogens with one attached hydrogen (secondary N) is 1. The Balaban J connectivity index is 1.94. The molecule has 14 heteroatoms. The molecule has 12 atom stereocenters. The Bertz CT molecular complexity index is 899. The van der Waals surface area contributed by atoms with Crippen LogP contribution in [0.4, 0.5) is 0 Å². The molecule has 0 bridgehead atoms. The fraction of sp³-hybridized carbons (Fsp3) is 0.974. The van der Waals surface area contributed by atoms with E-state index in [2.05, 4.69) is 19.2 Å². The summed E-state index contributed by atoms with van der Waals surface area (Å²) in [5.41, 5.74) is 0. The van der Waals surface area contributed by atoms with Crippen LogP contribution in [0, 0.1) is 0 Å². The second kappa shape index (κ2) is 27.6. The lowest BCUT2D eigenvalue weighted by atomic mass is 9.97. The van der Waals surface area contributed by atoms with Gasteiger partial charge in [0, 0.05) is 6.42 Å². The fourth-order valence-corrected chi connectivity index (χ4v) is 6.88. The number of unbranched alkanes of at least 4 members (excludes halogenated alkanes) is 16. The zero-order valence-electron chi connectivity index (χ0n) is 31.8. The van der Waals surface area contributed by atoms with Crippen LogP contribution in [0.25, 0.3) is 0 Å². The fourth-order valence-electron chi connectivity index (χ4n) is 6.88. The van der Waals surface area contributed by atoms with E-state index in [9.17, 15) is 45.6 Å². The van der Waals surface area contributed by atoms with Gasteiger partial charge < -0.3 is 65.1 Å². The second-order valence-electron chi connectivity index (χ2n) is 14.8. The van der Waals surface area contributed by atoms with E-state index in [-0.39, 0.29) is 12.5 Å². The molecule has 12 unspecified atom stereocenters. The lowest BCUT2D eigenvalue weighted by molar-refractivity contribution is -0.359. The molecular formula is C38H73NO13. The summed E-state index contributed by atoms with van der Waals surface area (Å²) in [5.74, 6) is -0.214. The van der Waals surface area contributed by atoms with Crippen LogP contribution in [0.15, 0.2) is 0 Å². The summed E-state index contributed by atoms with van der Waals surface area (Å²) < 4.78 is 22.6. The minimum absolute atomic E-state index is 0.214. The lowest BCUT2D eigenvalue weighted by Crippen LogP contribution is -2.65. The monoisotopic (exact) mass is 752 g/mol. The SMILES string of the molecule is CCCCCCCCCCCC(=O)NC(COC1OC(CO)C(OC2OC(CO)C(O)C(O)C2O)C(O)C1O)C(O)CCCCCCCCCCC. The smallest absolute Gasteiger partial charge is 0.220 e. The largest absolute Gasteiger partial charge is 0.394 e. The molecule has 1 amide bonds. The minimum atomic E-state index is -1.78. The van der Waals surface area contributed by atoms with Crippen molar-refractivity contribution in [3.05, 3.63) is 0 Å². The number of amides is 1. The first kappa shape index (κ1) is 47.1. The first-order valence-electron chi connectivity index (χ1n) is 20.3. The Morgan fingerprint density at radius 2 is 1.10 bits per heavy atom. The molecule has 0 aromatic rings. The third kappa shape index (κ3) is 16.8. The van der Waals surface area contributed by atoms with Crippen LogP contribution in [0.3, 0.4) is 0 Å². The topological polar surface area (TPSA) is 228 Å². The van der Waals surface area contributed by atoms with Crippen molar-refractivity contribution in [2.75, 3.05) is 19.8 Å². The van der Waals surface area contributed by atoms with Crippen LogP contribution in [0.1, 0.15) is 142 Å². The highest BCUT2D eigenvalue weighted by Gasteiger charge is 2.50. The molecule has 2 heterocycles. The Morgan fingerprint density at radius 1 is 0.615 bits per heavy atom.